The summed E-state index contributed by atoms with van der Waals surface area (Å²) in [6.07, 6.45) is 1.81. The lowest BCUT2D eigenvalue weighted by Crippen LogP contribution is -2.26. The molecule has 0 aliphatic carbocycles. The number of halogens is 1. The molecule has 0 fully saturated rings. The third-order valence-electron chi connectivity index (χ3n) is 4.78. The molecule has 1 atom stereocenters. The third kappa shape index (κ3) is 3.92. The predicted molar refractivity (Wildman–Crippen MR) is 113 cm³/mol. The minimum absolute atomic E-state index is 0.0687. The first kappa shape index (κ1) is 18.3. The Morgan fingerprint density at radius 2 is 1.89 bits per heavy atom. The van der Waals surface area contributed by atoms with Crippen molar-refractivity contribution in [1.82, 2.24) is 15.1 Å². The van der Waals surface area contributed by atoms with Gasteiger partial charge in [0, 0.05) is 16.0 Å². The van der Waals surface area contributed by atoms with Gasteiger partial charge in [-0.3, -0.25) is 9.48 Å². The van der Waals surface area contributed by atoms with E-state index >= 15 is 0 Å². The first-order valence-electron chi connectivity index (χ1n) is 9.16. The maximum absolute atomic E-state index is 12.8. The molecular formula is C23H20ClN3O. The zero-order chi connectivity index (χ0) is 19.5. The molecule has 5 heteroatoms. The second-order valence-electron chi connectivity index (χ2n) is 6.81. The van der Waals surface area contributed by atoms with Gasteiger partial charge in [0.25, 0.3) is 5.91 Å². The summed E-state index contributed by atoms with van der Waals surface area (Å²) >= 11 is 6.09. The van der Waals surface area contributed by atoms with E-state index in [1.165, 1.54) is 0 Å². The van der Waals surface area contributed by atoms with Crippen molar-refractivity contribution in [3.05, 3.63) is 101 Å². The van der Waals surface area contributed by atoms with Crippen LogP contribution in [0.25, 0.3) is 10.9 Å². The Kier molecular flexibility index (Phi) is 5.13. The summed E-state index contributed by atoms with van der Waals surface area (Å²) in [5, 5.41) is 9.22. The minimum atomic E-state index is -0.103. The number of hydrogen-bond donors (Lipinski definition) is 1. The normalized spacial score (nSPS) is 12.1. The van der Waals surface area contributed by atoms with Gasteiger partial charge in [-0.15, -0.1) is 0 Å². The molecule has 140 valence electrons. The second kappa shape index (κ2) is 7.87. The lowest BCUT2D eigenvalue weighted by atomic mass is 10.1. The van der Waals surface area contributed by atoms with E-state index in [1.807, 2.05) is 90.6 Å². The molecule has 4 aromatic rings. The Bertz CT molecular complexity index is 1120. The molecule has 0 spiro atoms. The SMILES string of the molecule is C[C@@H](NC(=O)c1ccc2cnn(Cc3cccc(Cl)c3)c2c1)c1ccccc1. The molecule has 1 heterocycles. The molecule has 0 saturated heterocycles. The van der Waals surface area contributed by atoms with E-state index in [-0.39, 0.29) is 11.9 Å². The van der Waals surface area contributed by atoms with Gasteiger partial charge in [-0.25, -0.2) is 0 Å². The van der Waals surface area contributed by atoms with Crippen molar-refractivity contribution >= 4 is 28.4 Å². The van der Waals surface area contributed by atoms with Crippen LogP contribution >= 0.6 is 11.6 Å². The largest absolute Gasteiger partial charge is 0.346 e. The predicted octanol–water partition coefficient (Wildman–Crippen LogP) is 5.23. The number of fused-ring (bicyclic) bond motifs is 1. The van der Waals surface area contributed by atoms with E-state index < -0.39 is 0 Å². The number of nitrogens with one attached hydrogen (secondary N) is 1. The minimum Gasteiger partial charge on any atom is -0.346 e. The van der Waals surface area contributed by atoms with Crippen molar-refractivity contribution in [3.8, 4) is 0 Å². The molecule has 3 aromatic carbocycles. The van der Waals surface area contributed by atoms with Crippen molar-refractivity contribution in [2.45, 2.75) is 19.5 Å². The molecule has 28 heavy (non-hydrogen) atoms. The standard InChI is InChI=1S/C23H20ClN3O/c1-16(18-7-3-2-4-8-18)26-23(28)19-10-11-20-14-25-27(22(20)13-19)15-17-6-5-9-21(24)12-17/h2-14,16H,15H2,1H3,(H,26,28)/t16-/m1/s1. The van der Waals surface area contributed by atoms with Gasteiger partial charge in [0.15, 0.2) is 0 Å². The average molecular weight is 390 g/mol. The molecule has 1 N–H and O–H groups in total. The van der Waals surface area contributed by atoms with Gasteiger partial charge < -0.3 is 5.32 Å². The first-order valence-corrected chi connectivity index (χ1v) is 9.54. The lowest BCUT2D eigenvalue weighted by Gasteiger charge is -2.14. The monoisotopic (exact) mass is 389 g/mol. The highest BCUT2D eigenvalue weighted by Gasteiger charge is 2.13. The maximum atomic E-state index is 12.8. The van der Waals surface area contributed by atoms with E-state index in [9.17, 15) is 4.79 Å². The zero-order valence-electron chi connectivity index (χ0n) is 15.5. The quantitative estimate of drug-likeness (QED) is 0.508. The van der Waals surface area contributed by atoms with Crippen molar-refractivity contribution in [1.29, 1.82) is 0 Å². The molecule has 4 rings (SSSR count). The van der Waals surface area contributed by atoms with Crippen LogP contribution in [0.1, 0.15) is 34.5 Å². The van der Waals surface area contributed by atoms with Crippen LogP contribution in [0.15, 0.2) is 79.0 Å². The third-order valence-corrected chi connectivity index (χ3v) is 5.01. The number of benzene rings is 3. The average Bonchev–Trinajstić information content (AvgIpc) is 3.10. The highest BCUT2D eigenvalue weighted by atomic mass is 35.5. The van der Waals surface area contributed by atoms with Gasteiger partial charge in [-0.1, -0.05) is 60.1 Å². The smallest absolute Gasteiger partial charge is 0.251 e. The Hall–Kier alpha value is -3.11. The van der Waals surface area contributed by atoms with Crippen LogP contribution in [-0.4, -0.2) is 15.7 Å². The summed E-state index contributed by atoms with van der Waals surface area (Å²) in [7, 11) is 0. The van der Waals surface area contributed by atoms with Crippen LogP contribution in [0.5, 0.6) is 0 Å². The number of aromatic nitrogens is 2. The first-order chi connectivity index (χ1) is 13.6. The highest BCUT2D eigenvalue weighted by molar-refractivity contribution is 6.30. The Morgan fingerprint density at radius 3 is 2.68 bits per heavy atom. The Balaban J connectivity index is 1.57. The van der Waals surface area contributed by atoms with Crippen LogP contribution in [-0.2, 0) is 6.54 Å². The molecule has 0 radical (unpaired) electrons. The number of carbonyl (C=O) groups excluding carboxylic acids is 1. The van der Waals surface area contributed by atoms with Crippen LogP contribution in [0, 0.1) is 0 Å². The second-order valence-corrected chi connectivity index (χ2v) is 7.25. The number of nitrogens with zero attached hydrogens (tertiary/aromatic N) is 2. The van der Waals surface area contributed by atoms with Gasteiger partial charge in [-0.05, 0) is 42.3 Å². The van der Waals surface area contributed by atoms with E-state index in [2.05, 4.69) is 10.4 Å². The molecule has 0 unspecified atom stereocenters. The lowest BCUT2D eigenvalue weighted by molar-refractivity contribution is 0.0940. The summed E-state index contributed by atoms with van der Waals surface area (Å²) in [6, 6.07) is 23.2. The van der Waals surface area contributed by atoms with E-state index in [4.69, 9.17) is 11.6 Å². The fourth-order valence-corrected chi connectivity index (χ4v) is 3.46. The summed E-state index contributed by atoms with van der Waals surface area (Å²) < 4.78 is 1.89. The van der Waals surface area contributed by atoms with Crippen LogP contribution in [0.3, 0.4) is 0 Å². The number of amides is 1. The summed E-state index contributed by atoms with van der Waals surface area (Å²) in [5.74, 6) is -0.103. The van der Waals surface area contributed by atoms with Crippen molar-refractivity contribution in [3.63, 3.8) is 0 Å². The molecule has 0 bridgehead atoms. The van der Waals surface area contributed by atoms with E-state index in [0.717, 1.165) is 22.0 Å². The number of carbonyl (C=O) groups is 1. The van der Waals surface area contributed by atoms with Gasteiger partial charge in [0.2, 0.25) is 0 Å². The fraction of sp³-hybridized carbons (Fsp3) is 0.130. The molecule has 1 amide bonds. The van der Waals surface area contributed by atoms with Crippen molar-refractivity contribution < 1.29 is 4.79 Å². The molecule has 0 saturated carbocycles. The Morgan fingerprint density at radius 1 is 1.07 bits per heavy atom. The van der Waals surface area contributed by atoms with Crippen molar-refractivity contribution in [2.24, 2.45) is 0 Å². The maximum Gasteiger partial charge on any atom is 0.251 e. The molecule has 0 aliphatic heterocycles. The summed E-state index contributed by atoms with van der Waals surface area (Å²) in [4.78, 5) is 12.8. The molecule has 4 nitrogen and oxygen atoms in total. The topological polar surface area (TPSA) is 46.9 Å². The van der Waals surface area contributed by atoms with Crippen LogP contribution < -0.4 is 5.32 Å². The fourth-order valence-electron chi connectivity index (χ4n) is 3.25. The number of rotatable bonds is 5. The summed E-state index contributed by atoms with van der Waals surface area (Å²) in [5.41, 5.74) is 3.66. The summed E-state index contributed by atoms with van der Waals surface area (Å²) in [6.45, 7) is 2.57. The molecule has 1 aromatic heterocycles. The molecular weight excluding hydrogens is 370 g/mol. The zero-order valence-corrected chi connectivity index (χ0v) is 16.2. The Labute approximate surface area is 168 Å². The van der Waals surface area contributed by atoms with E-state index in [1.54, 1.807) is 0 Å². The van der Waals surface area contributed by atoms with Crippen molar-refractivity contribution in [2.75, 3.05) is 0 Å². The van der Waals surface area contributed by atoms with Gasteiger partial charge in [0.05, 0.1) is 24.3 Å². The number of hydrogen-bond acceptors (Lipinski definition) is 2. The van der Waals surface area contributed by atoms with Gasteiger partial charge in [-0.2, -0.15) is 5.10 Å². The molecule has 0 aliphatic rings. The van der Waals surface area contributed by atoms with Gasteiger partial charge >= 0.3 is 0 Å². The van der Waals surface area contributed by atoms with Crippen LogP contribution in [0.2, 0.25) is 5.02 Å². The van der Waals surface area contributed by atoms with Gasteiger partial charge in [0.1, 0.15) is 0 Å². The van der Waals surface area contributed by atoms with E-state index in [0.29, 0.717) is 17.1 Å². The highest BCUT2D eigenvalue weighted by Crippen LogP contribution is 2.19. The van der Waals surface area contributed by atoms with Crippen LogP contribution in [0.4, 0.5) is 0 Å².